The van der Waals surface area contributed by atoms with Crippen molar-refractivity contribution in [3.63, 3.8) is 0 Å². The van der Waals surface area contributed by atoms with Gasteiger partial charge in [0.1, 0.15) is 5.01 Å². The van der Waals surface area contributed by atoms with Gasteiger partial charge in [0, 0.05) is 42.2 Å². The summed E-state index contributed by atoms with van der Waals surface area (Å²) < 4.78 is 0. The second-order valence-electron chi connectivity index (χ2n) is 4.39. The molecule has 2 N–H and O–H groups in total. The van der Waals surface area contributed by atoms with E-state index in [0.717, 1.165) is 29.4 Å². The lowest BCUT2D eigenvalue weighted by atomic mass is 10.2. The molecule has 0 saturated heterocycles. The first-order chi connectivity index (χ1) is 9.83. The first-order valence-electron chi connectivity index (χ1n) is 6.52. The normalized spacial score (nSPS) is 12.5. The number of thioether (sulfide) groups is 1. The van der Waals surface area contributed by atoms with E-state index in [2.05, 4.69) is 21.5 Å². The van der Waals surface area contributed by atoms with Gasteiger partial charge in [-0.2, -0.15) is 11.8 Å². The Morgan fingerprint density at radius 3 is 3.00 bits per heavy atom. The van der Waals surface area contributed by atoms with Gasteiger partial charge < -0.3 is 10.4 Å². The average Bonchev–Trinajstić information content (AvgIpc) is 2.95. The molecule has 2 heterocycles. The summed E-state index contributed by atoms with van der Waals surface area (Å²) in [5.41, 5.74) is 0.916. The van der Waals surface area contributed by atoms with Crippen molar-refractivity contribution >= 4 is 23.1 Å². The average molecular weight is 309 g/mol. The number of nitrogens with zero attached hydrogens (tertiary/aromatic N) is 2. The van der Waals surface area contributed by atoms with E-state index < -0.39 is 0 Å². The van der Waals surface area contributed by atoms with Gasteiger partial charge >= 0.3 is 0 Å². The zero-order chi connectivity index (χ0) is 14.2. The van der Waals surface area contributed by atoms with Gasteiger partial charge in [-0.25, -0.2) is 4.98 Å². The minimum absolute atomic E-state index is 0.222. The standard InChI is InChI=1S/C14H19N3OS2/c1-19-10-11(5-7-18)16-8-12-9-17-14(20-12)13-4-2-3-6-15-13/h2-4,6,9,11,16,18H,5,7-8,10H2,1H3. The summed E-state index contributed by atoms with van der Waals surface area (Å²) >= 11 is 3.45. The van der Waals surface area contributed by atoms with Gasteiger partial charge in [0.15, 0.2) is 0 Å². The minimum Gasteiger partial charge on any atom is -0.396 e. The van der Waals surface area contributed by atoms with Crippen molar-refractivity contribution < 1.29 is 5.11 Å². The van der Waals surface area contributed by atoms with Crippen molar-refractivity contribution in [3.05, 3.63) is 35.5 Å². The van der Waals surface area contributed by atoms with Gasteiger partial charge in [-0.3, -0.25) is 4.98 Å². The third-order valence-electron chi connectivity index (χ3n) is 2.85. The highest BCUT2D eigenvalue weighted by Crippen LogP contribution is 2.23. The molecule has 0 spiro atoms. The van der Waals surface area contributed by atoms with Crippen LogP contribution >= 0.6 is 23.1 Å². The van der Waals surface area contributed by atoms with Crippen molar-refractivity contribution in [2.45, 2.75) is 19.0 Å². The van der Waals surface area contributed by atoms with Crippen LogP contribution in [0.1, 0.15) is 11.3 Å². The van der Waals surface area contributed by atoms with E-state index in [1.54, 1.807) is 29.3 Å². The summed E-state index contributed by atoms with van der Waals surface area (Å²) in [6.45, 7) is 1.01. The Balaban J connectivity index is 1.92. The number of hydrogen-bond acceptors (Lipinski definition) is 6. The summed E-state index contributed by atoms with van der Waals surface area (Å²) in [6.07, 6.45) is 6.55. The molecule has 0 aliphatic carbocycles. The summed E-state index contributed by atoms with van der Waals surface area (Å²) in [4.78, 5) is 9.91. The van der Waals surface area contributed by atoms with Crippen molar-refractivity contribution in [1.82, 2.24) is 15.3 Å². The Hall–Kier alpha value is -0.950. The Labute approximate surface area is 127 Å². The fourth-order valence-electron chi connectivity index (χ4n) is 1.84. The van der Waals surface area contributed by atoms with E-state index in [1.165, 1.54) is 4.88 Å². The molecule has 108 valence electrons. The molecule has 1 unspecified atom stereocenters. The number of rotatable bonds is 8. The zero-order valence-electron chi connectivity index (χ0n) is 11.5. The van der Waals surface area contributed by atoms with Crippen LogP contribution in [0.2, 0.25) is 0 Å². The Morgan fingerprint density at radius 1 is 1.40 bits per heavy atom. The van der Waals surface area contributed by atoms with Crippen molar-refractivity contribution in [3.8, 4) is 10.7 Å². The van der Waals surface area contributed by atoms with Crippen LogP contribution in [0.4, 0.5) is 0 Å². The highest BCUT2D eigenvalue weighted by atomic mass is 32.2. The van der Waals surface area contributed by atoms with Gasteiger partial charge in [0.2, 0.25) is 0 Å². The first kappa shape index (κ1) is 15.4. The molecule has 0 saturated carbocycles. The third kappa shape index (κ3) is 4.56. The maximum absolute atomic E-state index is 9.05. The van der Waals surface area contributed by atoms with Gasteiger partial charge in [0.25, 0.3) is 0 Å². The molecule has 0 fully saturated rings. The lowest BCUT2D eigenvalue weighted by Crippen LogP contribution is -2.31. The van der Waals surface area contributed by atoms with Crippen LogP contribution < -0.4 is 5.32 Å². The van der Waals surface area contributed by atoms with Crippen LogP contribution in [-0.4, -0.2) is 39.7 Å². The molecular formula is C14H19N3OS2. The maximum atomic E-state index is 9.05. The highest BCUT2D eigenvalue weighted by molar-refractivity contribution is 7.98. The van der Waals surface area contributed by atoms with Gasteiger partial charge in [-0.15, -0.1) is 11.3 Å². The lowest BCUT2D eigenvalue weighted by Gasteiger charge is -2.15. The molecule has 0 aromatic carbocycles. The van der Waals surface area contributed by atoms with Crippen LogP contribution in [0.5, 0.6) is 0 Å². The quantitative estimate of drug-likeness (QED) is 0.784. The van der Waals surface area contributed by atoms with Crippen molar-refractivity contribution in [2.24, 2.45) is 0 Å². The molecule has 2 rings (SSSR count). The molecule has 0 amide bonds. The largest absolute Gasteiger partial charge is 0.396 e. The summed E-state index contributed by atoms with van der Waals surface area (Å²) in [5, 5.41) is 13.5. The van der Waals surface area contributed by atoms with Gasteiger partial charge in [-0.05, 0) is 24.8 Å². The summed E-state index contributed by atoms with van der Waals surface area (Å²) in [6, 6.07) is 6.19. The molecule has 2 aromatic heterocycles. The van der Waals surface area contributed by atoms with E-state index in [4.69, 9.17) is 5.11 Å². The molecule has 0 radical (unpaired) electrons. The summed E-state index contributed by atoms with van der Waals surface area (Å²) in [7, 11) is 0. The predicted octanol–water partition coefficient (Wildman–Crippen LogP) is 2.41. The topological polar surface area (TPSA) is 58.0 Å². The number of aliphatic hydroxyl groups is 1. The fourth-order valence-corrected chi connectivity index (χ4v) is 3.37. The second-order valence-corrected chi connectivity index (χ2v) is 6.42. The molecule has 2 aromatic rings. The molecule has 1 atom stereocenters. The van der Waals surface area contributed by atoms with E-state index in [9.17, 15) is 0 Å². The van der Waals surface area contributed by atoms with Crippen LogP contribution in [0.25, 0.3) is 10.7 Å². The second kappa shape index (κ2) is 8.36. The molecule has 6 heteroatoms. The number of nitrogens with one attached hydrogen (secondary N) is 1. The Kier molecular flexibility index (Phi) is 6.46. The number of aromatic nitrogens is 2. The number of aliphatic hydroxyl groups excluding tert-OH is 1. The predicted molar refractivity (Wildman–Crippen MR) is 86.1 cm³/mol. The van der Waals surface area contributed by atoms with Gasteiger partial charge in [-0.1, -0.05) is 6.07 Å². The van der Waals surface area contributed by atoms with E-state index >= 15 is 0 Å². The van der Waals surface area contributed by atoms with E-state index in [1.807, 2.05) is 24.4 Å². The lowest BCUT2D eigenvalue weighted by molar-refractivity contribution is 0.270. The highest BCUT2D eigenvalue weighted by Gasteiger charge is 2.09. The summed E-state index contributed by atoms with van der Waals surface area (Å²) in [5.74, 6) is 1.01. The number of pyridine rings is 1. The first-order valence-corrected chi connectivity index (χ1v) is 8.73. The van der Waals surface area contributed by atoms with Crippen LogP contribution in [0.3, 0.4) is 0 Å². The monoisotopic (exact) mass is 309 g/mol. The Bertz CT molecular complexity index is 498. The minimum atomic E-state index is 0.222. The van der Waals surface area contributed by atoms with Crippen LogP contribution in [0, 0.1) is 0 Å². The van der Waals surface area contributed by atoms with Gasteiger partial charge in [0.05, 0.1) is 5.69 Å². The van der Waals surface area contributed by atoms with E-state index in [-0.39, 0.29) is 6.61 Å². The number of thiazole rings is 1. The molecule has 0 aliphatic rings. The smallest absolute Gasteiger partial charge is 0.142 e. The molecule has 20 heavy (non-hydrogen) atoms. The number of hydrogen-bond donors (Lipinski definition) is 2. The molecule has 4 nitrogen and oxygen atoms in total. The van der Waals surface area contributed by atoms with E-state index in [0.29, 0.717) is 6.04 Å². The van der Waals surface area contributed by atoms with Crippen molar-refractivity contribution in [2.75, 3.05) is 18.6 Å². The fraction of sp³-hybridized carbons (Fsp3) is 0.429. The molecule has 0 aliphatic heterocycles. The zero-order valence-corrected chi connectivity index (χ0v) is 13.1. The molecular weight excluding hydrogens is 290 g/mol. The Morgan fingerprint density at radius 2 is 2.30 bits per heavy atom. The van der Waals surface area contributed by atoms with Crippen molar-refractivity contribution in [1.29, 1.82) is 0 Å². The molecule has 0 bridgehead atoms. The third-order valence-corrected chi connectivity index (χ3v) is 4.60. The van der Waals surface area contributed by atoms with Crippen LogP contribution in [0.15, 0.2) is 30.6 Å². The SMILES string of the molecule is CSCC(CCO)NCc1cnc(-c2ccccn2)s1. The van der Waals surface area contributed by atoms with Crippen LogP contribution in [-0.2, 0) is 6.54 Å². The maximum Gasteiger partial charge on any atom is 0.142 e.